The van der Waals surface area contributed by atoms with E-state index in [0.717, 1.165) is 11.3 Å². The number of halogens is 4. The molecule has 0 saturated heterocycles. The van der Waals surface area contributed by atoms with Gasteiger partial charge in [0.1, 0.15) is 5.82 Å². The van der Waals surface area contributed by atoms with Gasteiger partial charge in [0.05, 0.1) is 5.02 Å². The van der Waals surface area contributed by atoms with Gasteiger partial charge in [0.25, 0.3) is 0 Å². The minimum Gasteiger partial charge on any atom is -0.381 e. The first-order chi connectivity index (χ1) is 8.54. The lowest BCUT2D eigenvalue weighted by Crippen LogP contribution is -1.99. The number of hydrogen-bond donors (Lipinski definition) is 1. The molecule has 0 fully saturated rings. The largest absolute Gasteiger partial charge is 0.381 e. The van der Waals surface area contributed by atoms with Crippen molar-refractivity contribution in [1.29, 1.82) is 0 Å². The Kier molecular flexibility index (Phi) is 4.33. The van der Waals surface area contributed by atoms with E-state index in [-0.39, 0.29) is 5.02 Å². The van der Waals surface area contributed by atoms with Crippen LogP contribution in [0.15, 0.2) is 36.4 Å². The molecule has 5 heteroatoms. The van der Waals surface area contributed by atoms with Gasteiger partial charge in [0, 0.05) is 22.3 Å². The Morgan fingerprint density at radius 3 is 2.22 bits per heavy atom. The van der Waals surface area contributed by atoms with Crippen molar-refractivity contribution in [3.05, 3.63) is 62.8 Å². The summed E-state index contributed by atoms with van der Waals surface area (Å²) in [6.45, 7) is 0.463. The molecule has 0 aliphatic rings. The lowest BCUT2D eigenvalue weighted by atomic mass is 10.2. The highest BCUT2D eigenvalue weighted by atomic mass is 35.5. The molecule has 0 heterocycles. The van der Waals surface area contributed by atoms with Gasteiger partial charge in [-0.25, -0.2) is 4.39 Å². The van der Waals surface area contributed by atoms with E-state index in [1.807, 2.05) is 0 Å². The van der Waals surface area contributed by atoms with E-state index in [2.05, 4.69) is 5.32 Å². The maximum atomic E-state index is 13.2. The average molecular weight is 305 g/mol. The average Bonchev–Trinajstić information content (AvgIpc) is 2.29. The van der Waals surface area contributed by atoms with Gasteiger partial charge in [0.15, 0.2) is 0 Å². The van der Waals surface area contributed by atoms with E-state index < -0.39 is 5.82 Å². The van der Waals surface area contributed by atoms with Gasteiger partial charge >= 0.3 is 0 Å². The molecule has 1 nitrogen and oxygen atoms in total. The highest BCUT2D eigenvalue weighted by Crippen LogP contribution is 2.23. The third-order valence-electron chi connectivity index (χ3n) is 2.34. The molecule has 2 rings (SSSR count). The summed E-state index contributed by atoms with van der Waals surface area (Å²) in [6, 6.07) is 9.82. The Morgan fingerprint density at radius 2 is 1.61 bits per heavy atom. The van der Waals surface area contributed by atoms with Crippen molar-refractivity contribution in [2.45, 2.75) is 6.54 Å². The van der Waals surface area contributed by atoms with Crippen LogP contribution in [0.3, 0.4) is 0 Å². The molecule has 0 spiro atoms. The van der Waals surface area contributed by atoms with Gasteiger partial charge in [-0.1, -0.05) is 40.9 Å². The lowest BCUT2D eigenvalue weighted by Gasteiger charge is -2.08. The number of rotatable bonds is 3. The molecular weight excluding hydrogens is 296 g/mol. The van der Waals surface area contributed by atoms with Crippen LogP contribution in [-0.4, -0.2) is 0 Å². The Balaban J connectivity index is 2.08. The fourth-order valence-corrected chi connectivity index (χ4v) is 2.15. The predicted octanol–water partition coefficient (Wildman–Crippen LogP) is 5.40. The van der Waals surface area contributed by atoms with Crippen LogP contribution in [0.4, 0.5) is 10.1 Å². The molecule has 0 aliphatic heterocycles. The van der Waals surface area contributed by atoms with Crippen molar-refractivity contribution in [3.8, 4) is 0 Å². The predicted molar refractivity (Wildman–Crippen MR) is 75.2 cm³/mol. The van der Waals surface area contributed by atoms with Crippen LogP contribution in [0.5, 0.6) is 0 Å². The molecule has 1 N–H and O–H groups in total. The van der Waals surface area contributed by atoms with E-state index in [1.54, 1.807) is 24.3 Å². The molecule has 0 atom stereocenters. The van der Waals surface area contributed by atoms with Crippen LogP contribution in [0, 0.1) is 5.82 Å². The molecule has 0 bridgehead atoms. The van der Waals surface area contributed by atoms with Gasteiger partial charge in [-0.15, -0.1) is 0 Å². The summed E-state index contributed by atoms with van der Waals surface area (Å²) in [5, 5.41) is 4.32. The fraction of sp³-hybridized carbons (Fsp3) is 0.0769. The molecule has 0 radical (unpaired) electrons. The highest BCUT2D eigenvalue weighted by molar-refractivity contribution is 6.35. The van der Waals surface area contributed by atoms with Crippen molar-refractivity contribution in [1.82, 2.24) is 0 Å². The van der Waals surface area contributed by atoms with Gasteiger partial charge in [-0.3, -0.25) is 0 Å². The van der Waals surface area contributed by atoms with Gasteiger partial charge in [-0.2, -0.15) is 0 Å². The lowest BCUT2D eigenvalue weighted by molar-refractivity contribution is 0.626. The van der Waals surface area contributed by atoms with Crippen molar-refractivity contribution in [2.75, 3.05) is 5.32 Å². The van der Waals surface area contributed by atoms with E-state index in [4.69, 9.17) is 34.8 Å². The maximum absolute atomic E-state index is 13.2. The second-order valence-electron chi connectivity index (χ2n) is 3.76. The van der Waals surface area contributed by atoms with Crippen molar-refractivity contribution < 1.29 is 4.39 Å². The van der Waals surface area contributed by atoms with E-state index in [1.165, 1.54) is 12.1 Å². The van der Waals surface area contributed by atoms with Crippen molar-refractivity contribution in [3.63, 3.8) is 0 Å². The monoisotopic (exact) mass is 303 g/mol. The summed E-state index contributed by atoms with van der Waals surface area (Å²) < 4.78 is 13.2. The molecule has 0 aromatic heterocycles. The first-order valence-electron chi connectivity index (χ1n) is 5.18. The van der Waals surface area contributed by atoms with Crippen LogP contribution in [-0.2, 0) is 6.54 Å². The summed E-state index contributed by atoms with van der Waals surface area (Å²) in [5.41, 5.74) is 1.57. The van der Waals surface area contributed by atoms with Crippen molar-refractivity contribution in [2.24, 2.45) is 0 Å². The fourth-order valence-electron chi connectivity index (χ4n) is 1.51. The quantitative estimate of drug-likeness (QED) is 0.800. The maximum Gasteiger partial charge on any atom is 0.142 e. The second kappa shape index (κ2) is 5.79. The van der Waals surface area contributed by atoms with Crippen LogP contribution >= 0.6 is 34.8 Å². The smallest absolute Gasteiger partial charge is 0.142 e. The summed E-state index contributed by atoms with van der Waals surface area (Å²) in [6.07, 6.45) is 0. The highest BCUT2D eigenvalue weighted by Gasteiger charge is 2.02. The summed E-state index contributed by atoms with van der Waals surface area (Å²) in [5.74, 6) is -0.430. The second-order valence-corrected chi connectivity index (χ2v) is 5.04. The number of benzene rings is 2. The third-order valence-corrected chi connectivity index (χ3v) is 3.09. The standard InChI is InChI=1S/C13H9Cl3FN/c14-9-4-10(15)6-11(5-9)18-7-8-1-2-12(16)13(17)3-8/h1-6,18H,7H2. The molecule has 2 aromatic carbocycles. The molecule has 0 unspecified atom stereocenters. The van der Waals surface area contributed by atoms with E-state index >= 15 is 0 Å². The summed E-state index contributed by atoms with van der Waals surface area (Å²) >= 11 is 17.4. The topological polar surface area (TPSA) is 12.0 Å². The van der Waals surface area contributed by atoms with Crippen molar-refractivity contribution >= 4 is 40.5 Å². The number of nitrogens with one attached hydrogen (secondary N) is 1. The molecule has 18 heavy (non-hydrogen) atoms. The number of hydrogen-bond acceptors (Lipinski definition) is 1. The normalized spacial score (nSPS) is 10.4. The van der Waals surface area contributed by atoms with Gasteiger partial charge in [-0.05, 0) is 35.9 Å². The molecule has 94 valence electrons. The minimum absolute atomic E-state index is 0.115. The Bertz CT molecular complexity index is 552. The van der Waals surface area contributed by atoms with Crippen LogP contribution in [0.2, 0.25) is 15.1 Å². The first kappa shape index (κ1) is 13.5. The molecular formula is C13H9Cl3FN. The third kappa shape index (κ3) is 3.52. The molecule has 2 aromatic rings. The molecule has 0 amide bonds. The van der Waals surface area contributed by atoms with Crippen LogP contribution < -0.4 is 5.32 Å². The summed E-state index contributed by atoms with van der Waals surface area (Å²) in [4.78, 5) is 0. The summed E-state index contributed by atoms with van der Waals surface area (Å²) in [7, 11) is 0. The zero-order chi connectivity index (χ0) is 13.1. The SMILES string of the molecule is Fc1cc(CNc2cc(Cl)cc(Cl)c2)ccc1Cl. The zero-order valence-corrected chi connectivity index (χ0v) is 11.5. The first-order valence-corrected chi connectivity index (χ1v) is 6.32. The Morgan fingerprint density at radius 1 is 0.944 bits per heavy atom. The Labute approximate surface area is 119 Å². The number of anilines is 1. The van der Waals surface area contributed by atoms with E-state index in [9.17, 15) is 4.39 Å². The van der Waals surface area contributed by atoms with E-state index in [0.29, 0.717) is 16.6 Å². The molecule has 0 saturated carbocycles. The Hall–Kier alpha value is -0.960. The van der Waals surface area contributed by atoms with Gasteiger partial charge < -0.3 is 5.32 Å². The van der Waals surface area contributed by atoms with Crippen LogP contribution in [0.25, 0.3) is 0 Å². The molecule has 0 aliphatic carbocycles. The zero-order valence-electron chi connectivity index (χ0n) is 9.18. The van der Waals surface area contributed by atoms with Crippen LogP contribution in [0.1, 0.15) is 5.56 Å². The van der Waals surface area contributed by atoms with Gasteiger partial charge in [0.2, 0.25) is 0 Å². The minimum atomic E-state index is -0.430.